The molecular weight excluding hydrogens is 293 g/mol. The predicted octanol–water partition coefficient (Wildman–Crippen LogP) is 2.59. The second-order valence-electron chi connectivity index (χ2n) is 3.26. The van der Waals surface area contributed by atoms with E-state index in [0.29, 0.717) is 13.2 Å². The molecule has 0 amide bonds. The summed E-state index contributed by atoms with van der Waals surface area (Å²) in [6.45, 7) is 0.891. The van der Waals surface area contributed by atoms with Gasteiger partial charge in [0.15, 0.2) is 6.29 Å². The van der Waals surface area contributed by atoms with Gasteiger partial charge in [-0.05, 0) is 24.1 Å². The molecule has 0 bridgehead atoms. The molecule has 0 aliphatic rings. The van der Waals surface area contributed by atoms with Crippen molar-refractivity contribution in [3.05, 3.63) is 33.3 Å². The average Bonchev–Trinajstić information content (AvgIpc) is 2.27. The molecule has 1 unspecified atom stereocenters. The van der Waals surface area contributed by atoms with Crippen molar-refractivity contribution in [2.75, 3.05) is 20.3 Å². The van der Waals surface area contributed by atoms with E-state index in [0.717, 1.165) is 21.5 Å². The lowest BCUT2D eigenvalue weighted by Gasteiger charge is -2.14. The zero-order chi connectivity index (χ0) is 12.0. The maximum Gasteiger partial charge on any atom is 0.169 e. The van der Waals surface area contributed by atoms with Crippen molar-refractivity contribution in [3.63, 3.8) is 0 Å². The lowest BCUT2D eigenvalue weighted by atomic mass is 10.2. The lowest BCUT2D eigenvalue weighted by Crippen LogP contribution is -2.26. The molecule has 1 aromatic rings. The molecule has 0 aliphatic carbocycles. The summed E-state index contributed by atoms with van der Waals surface area (Å²) in [5, 5.41) is 0.736. The third kappa shape index (κ3) is 4.39. The normalized spacial score (nSPS) is 12.8. The predicted molar refractivity (Wildman–Crippen MR) is 68.7 cm³/mol. The quantitative estimate of drug-likeness (QED) is 0.822. The molecule has 0 aliphatic heterocycles. The van der Waals surface area contributed by atoms with E-state index >= 15 is 0 Å². The summed E-state index contributed by atoms with van der Waals surface area (Å²) in [6, 6.07) is 5.80. The highest BCUT2D eigenvalue weighted by Crippen LogP contribution is 2.21. The maximum atomic E-state index is 6.07. The Morgan fingerprint density at radius 1 is 1.50 bits per heavy atom. The van der Waals surface area contributed by atoms with E-state index in [2.05, 4.69) is 15.9 Å². The molecule has 5 heteroatoms. The zero-order valence-corrected chi connectivity index (χ0v) is 11.4. The van der Waals surface area contributed by atoms with Crippen molar-refractivity contribution in [1.29, 1.82) is 0 Å². The van der Waals surface area contributed by atoms with Crippen LogP contribution in [0.15, 0.2) is 22.7 Å². The summed E-state index contributed by atoms with van der Waals surface area (Å²) in [6.07, 6.45) is 0.403. The molecule has 0 spiro atoms. The van der Waals surface area contributed by atoms with Gasteiger partial charge >= 0.3 is 0 Å². The molecule has 0 heterocycles. The van der Waals surface area contributed by atoms with Crippen molar-refractivity contribution in [2.45, 2.75) is 12.7 Å². The first-order chi connectivity index (χ1) is 7.67. The molecule has 90 valence electrons. The van der Waals surface area contributed by atoms with Crippen LogP contribution < -0.4 is 5.73 Å². The van der Waals surface area contributed by atoms with Crippen molar-refractivity contribution in [1.82, 2.24) is 0 Å². The number of hydrogen-bond acceptors (Lipinski definition) is 3. The van der Waals surface area contributed by atoms with Gasteiger partial charge in [-0.1, -0.05) is 33.6 Å². The standard InChI is InChI=1S/C11H15BrClNO2/c1-15-11(7-14)16-5-4-8-2-3-9(12)6-10(8)13/h2-3,6,11H,4-5,7,14H2,1H3. The molecule has 0 aromatic heterocycles. The van der Waals surface area contributed by atoms with Gasteiger partial charge in [-0.3, -0.25) is 0 Å². The minimum atomic E-state index is -0.339. The van der Waals surface area contributed by atoms with Gasteiger partial charge in [-0.15, -0.1) is 0 Å². The molecule has 3 nitrogen and oxygen atoms in total. The smallest absolute Gasteiger partial charge is 0.169 e. The van der Waals surface area contributed by atoms with E-state index in [1.54, 1.807) is 7.11 Å². The van der Waals surface area contributed by atoms with Crippen molar-refractivity contribution in [3.8, 4) is 0 Å². The van der Waals surface area contributed by atoms with Gasteiger partial charge in [-0.25, -0.2) is 0 Å². The fourth-order valence-electron chi connectivity index (χ4n) is 1.26. The molecule has 1 aromatic carbocycles. The van der Waals surface area contributed by atoms with Crippen molar-refractivity contribution < 1.29 is 9.47 Å². The highest BCUT2D eigenvalue weighted by Gasteiger charge is 2.05. The monoisotopic (exact) mass is 307 g/mol. The van der Waals surface area contributed by atoms with E-state index in [4.69, 9.17) is 26.8 Å². The van der Waals surface area contributed by atoms with Crippen LogP contribution in [-0.2, 0) is 15.9 Å². The largest absolute Gasteiger partial charge is 0.355 e. The molecule has 0 saturated heterocycles. The third-order valence-corrected chi connectivity index (χ3v) is 2.99. The van der Waals surface area contributed by atoms with Crippen LogP contribution in [0.4, 0.5) is 0 Å². The average molecular weight is 309 g/mol. The van der Waals surface area contributed by atoms with Crippen molar-refractivity contribution in [2.24, 2.45) is 5.73 Å². The fraction of sp³-hybridized carbons (Fsp3) is 0.455. The number of hydrogen-bond donors (Lipinski definition) is 1. The zero-order valence-electron chi connectivity index (χ0n) is 9.08. The number of nitrogens with two attached hydrogens (primary N) is 1. The van der Waals surface area contributed by atoms with Gasteiger partial charge in [0.1, 0.15) is 0 Å². The number of benzene rings is 1. The topological polar surface area (TPSA) is 44.5 Å². The highest BCUT2D eigenvalue weighted by molar-refractivity contribution is 9.10. The second kappa shape index (κ2) is 7.25. The Bertz CT molecular complexity index is 332. The molecular formula is C11H15BrClNO2. The molecule has 1 atom stereocenters. The van der Waals surface area contributed by atoms with E-state index in [1.807, 2.05) is 18.2 Å². The van der Waals surface area contributed by atoms with Gasteiger partial charge in [0.2, 0.25) is 0 Å². The summed E-state index contributed by atoms with van der Waals surface area (Å²) in [7, 11) is 1.57. The van der Waals surface area contributed by atoms with E-state index in [9.17, 15) is 0 Å². The molecule has 0 fully saturated rings. The van der Waals surface area contributed by atoms with Crippen LogP contribution in [0.5, 0.6) is 0 Å². The lowest BCUT2D eigenvalue weighted by molar-refractivity contribution is -0.115. The van der Waals surface area contributed by atoms with Crippen LogP contribution in [0.2, 0.25) is 5.02 Å². The van der Waals surface area contributed by atoms with Crippen LogP contribution in [0.25, 0.3) is 0 Å². The Balaban J connectivity index is 2.42. The third-order valence-electron chi connectivity index (χ3n) is 2.15. The van der Waals surface area contributed by atoms with Crippen LogP contribution >= 0.6 is 27.5 Å². The number of rotatable bonds is 6. The minimum Gasteiger partial charge on any atom is -0.355 e. The Kier molecular flexibility index (Phi) is 6.31. The van der Waals surface area contributed by atoms with E-state index in [-0.39, 0.29) is 6.29 Å². The van der Waals surface area contributed by atoms with Gasteiger partial charge in [0, 0.05) is 23.1 Å². The molecule has 0 radical (unpaired) electrons. The fourth-order valence-corrected chi connectivity index (χ4v) is 2.02. The SMILES string of the molecule is COC(CN)OCCc1ccc(Br)cc1Cl. The Hall–Kier alpha value is -0.130. The van der Waals surface area contributed by atoms with Gasteiger partial charge in [0.25, 0.3) is 0 Å². The van der Waals surface area contributed by atoms with Crippen molar-refractivity contribution >= 4 is 27.5 Å². The van der Waals surface area contributed by atoms with E-state index < -0.39 is 0 Å². The molecule has 1 rings (SSSR count). The Morgan fingerprint density at radius 2 is 2.25 bits per heavy atom. The summed E-state index contributed by atoms with van der Waals surface area (Å²) >= 11 is 9.43. The van der Waals surface area contributed by atoms with Gasteiger partial charge in [0.05, 0.1) is 6.61 Å². The Labute approximate surface area is 109 Å². The maximum absolute atomic E-state index is 6.07. The summed E-state index contributed by atoms with van der Waals surface area (Å²) in [5.41, 5.74) is 6.48. The number of ether oxygens (including phenoxy) is 2. The van der Waals surface area contributed by atoms with Gasteiger partial charge < -0.3 is 15.2 Å². The first-order valence-electron chi connectivity index (χ1n) is 4.95. The van der Waals surface area contributed by atoms with Gasteiger partial charge in [-0.2, -0.15) is 0 Å². The first kappa shape index (κ1) is 13.9. The summed E-state index contributed by atoms with van der Waals surface area (Å²) < 4.78 is 11.4. The summed E-state index contributed by atoms with van der Waals surface area (Å²) in [4.78, 5) is 0. The van der Waals surface area contributed by atoms with Crippen LogP contribution in [0, 0.1) is 0 Å². The Morgan fingerprint density at radius 3 is 2.81 bits per heavy atom. The van der Waals surface area contributed by atoms with Crippen LogP contribution in [0.1, 0.15) is 5.56 Å². The molecule has 2 N–H and O–H groups in total. The summed E-state index contributed by atoms with van der Waals surface area (Å²) in [5.74, 6) is 0. The number of halogens is 2. The van der Waals surface area contributed by atoms with Crippen LogP contribution in [-0.4, -0.2) is 26.6 Å². The molecule has 16 heavy (non-hydrogen) atoms. The first-order valence-corrected chi connectivity index (χ1v) is 6.13. The minimum absolute atomic E-state index is 0.339. The van der Waals surface area contributed by atoms with E-state index in [1.165, 1.54) is 0 Å². The number of methoxy groups -OCH3 is 1. The van der Waals surface area contributed by atoms with Crippen LogP contribution in [0.3, 0.4) is 0 Å². The highest BCUT2D eigenvalue weighted by atomic mass is 79.9. The molecule has 0 saturated carbocycles. The second-order valence-corrected chi connectivity index (χ2v) is 4.58.